The first kappa shape index (κ1) is 20.1. The van der Waals surface area contributed by atoms with E-state index in [4.69, 9.17) is 4.74 Å². The molecule has 2 unspecified atom stereocenters. The van der Waals surface area contributed by atoms with Gasteiger partial charge in [-0.05, 0) is 24.2 Å². The van der Waals surface area contributed by atoms with Gasteiger partial charge in [0.2, 0.25) is 0 Å². The van der Waals surface area contributed by atoms with Crippen molar-refractivity contribution in [1.29, 1.82) is 0 Å². The summed E-state index contributed by atoms with van der Waals surface area (Å²) < 4.78 is 19.9. The van der Waals surface area contributed by atoms with E-state index in [2.05, 4.69) is 26.8 Å². The Morgan fingerprint density at radius 3 is 2.04 bits per heavy atom. The molecule has 3 heteroatoms. The molecule has 0 aliphatic heterocycles. The summed E-state index contributed by atoms with van der Waals surface area (Å²) in [6.45, 7) is 6.92. The van der Waals surface area contributed by atoms with Gasteiger partial charge in [-0.25, -0.2) is 0 Å². The molecule has 1 saturated carbocycles. The Balaban J connectivity index is 2.00. The van der Waals surface area contributed by atoms with Crippen molar-refractivity contribution < 1.29 is 9.30 Å². The van der Waals surface area contributed by atoms with Gasteiger partial charge < -0.3 is 9.30 Å². The molecule has 0 heterocycles. The summed E-state index contributed by atoms with van der Waals surface area (Å²) in [4.78, 5) is 0. The molecule has 0 amide bonds. The Bertz CT molecular complexity index is 780. The molecule has 2 aromatic rings. The number of hydrogen-bond donors (Lipinski definition) is 0. The van der Waals surface area contributed by atoms with Crippen molar-refractivity contribution >= 4 is 17.8 Å². The predicted octanol–water partition coefficient (Wildman–Crippen LogP) is 5.40. The maximum absolute atomic E-state index is 14.2. The smallest absolute Gasteiger partial charge is 0.146 e. The van der Waals surface area contributed by atoms with Crippen LogP contribution in [0, 0.1) is 11.3 Å². The van der Waals surface area contributed by atoms with Gasteiger partial charge in [-0.3, -0.25) is 0 Å². The summed E-state index contributed by atoms with van der Waals surface area (Å²) >= 11 is 0. The predicted molar refractivity (Wildman–Crippen MR) is 116 cm³/mol. The highest BCUT2D eigenvalue weighted by Crippen LogP contribution is 2.48. The average molecular weight is 382 g/mol. The fraction of sp³-hybridized carbons (Fsp3) is 0.417. The largest absolute Gasteiger partial charge is 0.381 e. The van der Waals surface area contributed by atoms with Crippen molar-refractivity contribution in [2.75, 3.05) is 13.3 Å². The zero-order chi connectivity index (χ0) is 19.5. The minimum atomic E-state index is -2.71. The lowest BCUT2D eigenvalue weighted by Gasteiger charge is -2.42. The van der Waals surface area contributed by atoms with Crippen LogP contribution in [0.15, 0.2) is 72.3 Å². The van der Waals surface area contributed by atoms with E-state index in [1.807, 2.05) is 60.7 Å². The van der Waals surface area contributed by atoms with Crippen LogP contribution < -0.4 is 10.6 Å². The van der Waals surface area contributed by atoms with E-state index in [-0.39, 0.29) is 11.5 Å². The Morgan fingerprint density at radius 2 is 1.56 bits per heavy atom. The maximum Gasteiger partial charge on any atom is 0.146 e. The van der Waals surface area contributed by atoms with E-state index in [0.717, 1.165) is 23.5 Å². The first-order valence-corrected chi connectivity index (χ1v) is 11.7. The third-order valence-corrected chi connectivity index (χ3v) is 9.36. The van der Waals surface area contributed by atoms with Crippen molar-refractivity contribution in [2.24, 2.45) is 11.3 Å². The van der Waals surface area contributed by atoms with Crippen LogP contribution in [-0.4, -0.2) is 19.4 Å². The summed E-state index contributed by atoms with van der Waals surface area (Å²) in [5.41, 5.74) is 1.48. The number of methoxy groups -OCH3 is 1. The highest BCUT2D eigenvalue weighted by Gasteiger charge is 2.38. The van der Waals surface area contributed by atoms with Crippen molar-refractivity contribution in [2.45, 2.75) is 39.7 Å². The second-order valence-electron chi connectivity index (χ2n) is 8.24. The topological polar surface area (TPSA) is 26.3 Å². The molecule has 0 N–H and O–H groups in total. The van der Waals surface area contributed by atoms with Gasteiger partial charge in [-0.2, -0.15) is 0 Å². The second kappa shape index (κ2) is 8.17. The van der Waals surface area contributed by atoms with Gasteiger partial charge in [0, 0.05) is 23.9 Å². The van der Waals surface area contributed by atoms with Crippen molar-refractivity contribution in [3.8, 4) is 0 Å². The first-order chi connectivity index (χ1) is 12.9. The Labute approximate surface area is 164 Å². The molecule has 27 heavy (non-hydrogen) atoms. The van der Waals surface area contributed by atoms with Gasteiger partial charge in [0.15, 0.2) is 0 Å². The molecular formula is C24H31O2P. The normalized spacial score (nSPS) is 24.1. The van der Waals surface area contributed by atoms with E-state index < -0.39 is 7.14 Å². The standard InChI is InChI=1S/C24H31O2P/c1-19-17-21(26-4)18-20(24(19,2)3)15-16-27(25,22-11-7-5-8-12-22)23-13-9-6-10-14-23/h5-15,19,21H,16-18H2,1-4H3. The SMILES string of the molecule is COC1CC(=CCP(=O)(c2ccccc2)c2ccccc2)C(C)(C)C(C)C1. The fourth-order valence-electron chi connectivity index (χ4n) is 4.06. The van der Waals surface area contributed by atoms with E-state index in [1.54, 1.807) is 7.11 Å². The summed E-state index contributed by atoms with van der Waals surface area (Å²) in [5, 5.41) is 1.86. The first-order valence-electron chi connectivity index (χ1n) is 9.80. The summed E-state index contributed by atoms with van der Waals surface area (Å²) in [6, 6.07) is 19.9. The lowest BCUT2D eigenvalue weighted by Crippen LogP contribution is -2.35. The Hall–Kier alpha value is -1.63. The van der Waals surface area contributed by atoms with Gasteiger partial charge >= 0.3 is 0 Å². The summed E-state index contributed by atoms with van der Waals surface area (Å²) in [5.74, 6) is 0.537. The van der Waals surface area contributed by atoms with E-state index >= 15 is 0 Å². The molecule has 0 spiro atoms. The lowest BCUT2D eigenvalue weighted by molar-refractivity contribution is 0.0372. The molecule has 0 bridgehead atoms. The van der Waals surface area contributed by atoms with Crippen LogP contribution in [0.3, 0.4) is 0 Å². The van der Waals surface area contributed by atoms with Gasteiger partial charge in [0.25, 0.3) is 0 Å². The van der Waals surface area contributed by atoms with E-state index in [0.29, 0.717) is 12.1 Å². The van der Waals surface area contributed by atoms with E-state index in [9.17, 15) is 4.57 Å². The monoisotopic (exact) mass is 382 g/mol. The Morgan fingerprint density at radius 1 is 1.04 bits per heavy atom. The van der Waals surface area contributed by atoms with Crippen molar-refractivity contribution in [3.63, 3.8) is 0 Å². The van der Waals surface area contributed by atoms with Crippen LogP contribution in [0.5, 0.6) is 0 Å². The molecule has 2 atom stereocenters. The minimum Gasteiger partial charge on any atom is -0.381 e. The van der Waals surface area contributed by atoms with Gasteiger partial charge in [0.1, 0.15) is 7.14 Å². The van der Waals surface area contributed by atoms with Crippen LogP contribution >= 0.6 is 7.14 Å². The minimum absolute atomic E-state index is 0.104. The molecule has 144 valence electrons. The quantitative estimate of drug-likeness (QED) is 0.511. The highest BCUT2D eigenvalue weighted by atomic mass is 31.2. The van der Waals surface area contributed by atoms with Crippen LogP contribution in [0.1, 0.15) is 33.6 Å². The van der Waals surface area contributed by atoms with Crippen LogP contribution in [0.25, 0.3) is 0 Å². The second-order valence-corrected chi connectivity index (χ2v) is 11.1. The number of ether oxygens (including phenoxy) is 1. The zero-order valence-corrected chi connectivity index (χ0v) is 17.8. The van der Waals surface area contributed by atoms with Gasteiger partial charge in [-0.1, -0.05) is 93.1 Å². The van der Waals surface area contributed by atoms with Crippen molar-refractivity contribution in [1.82, 2.24) is 0 Å². The van der Waals surface area contributed by atoms with Crippen LogP contribution in [0.4, 0.5) is 0 Å². The molecule has 1 fully saturated rings. The summed E-state index contributed by atoms with van der Waals surface area (Å²) in [6.07, 6.45) is 5.07. The Kier molecular flexibility index (Phi) is 6.08. The number of rotatable bonds is 5. The third kappa shape index (κ3) is 4.13. The molecular weight excluding hydrogens is 351 g/mol. The average Bonchev–Trinajstić information content (AvgIpc) is 2.70. The molecule has 0 aromatic heterocycles. The molecule has 3 rings (SSSR count). The highest BCUT2D eigenvalue weighted by molar-refractivity contribution is 7.78. The molecule has 2 nitrogen and oxygen atoms in total. The number of hydrogen-bond acceptors (Lipinski definition) is 2. The van der Waals surface area contributed by atoms with Crippen molar-refractivity contribution in [3.05, 3.63) is 72.3 Å². The lowest BCUT2D eigenvalue weighted by atomic mass is 9.65. The summed E-state index contributed by atoms with van der Waals surface area (Å²) in [7, 11) is -0.914. The molecule has 0 saturated heterocycles. The zero-order valence-electron chi connectivity index (χ0n) is 16.9. The number of benzene rings is 2. The molecule has 1 aliphatic rings. The molecule has 2 aromatic carbocycles. The van der Waals surface area contributed by atoms with Crippen LogP contribution in [-0.2, 0) is 9.30 Å². The fourth-order valence-corrected chi connectivity index (χ4v) is 6.56. The van der Waals surface area contributed by atoms with Gasteiger partial charge in [-0.15, -0.1) is 0 Å². The molecule has 1 aliphatic carbocycles. The van der Waals surface area contributed by atoms with Crippen LogP contribution in [0.2, 0.25) is 0 Å². The number of allylic oxidation sites excluding steroid dienone is 1. The molecule has 0 radical (unpaired) electrons. The van der Waals surface area contributed by atoms with E-state index in [1.165, 1.54) is 5.57 Å². The third-order valence-electron chi connectivity index (χ3n) is 6.40. The maximum atomic E-state index is 14.2. The van der Waals surface area contributed by atoms with Gasteiger partial charge in [0.05, 0.1) is 6.10 Å².